The van der Waals surface area contributed by atoms with Crippen LogP contribution in [-0.4, -0.2) is 53.2 Å². The first-order valence-corrected chi connectivity index (χ1v) is 12.4. The molecule has 0 aliphatic carbocycles. The van der Waals surface area contributed by atoms with Gasteiger partial charge in [-0.25, -0.2) is 15.0 Å². The van der Waals surface area contributed by atoms with E-state index in [0.717, 1.165) is 53.1 Å². The van der Waals surface area contributed by atoms with Crippen molar-refractivity contribution in [3.8, 4) is 22.1 Å². The normalized spacial score (nSPS) is 14.8. The van der Waals surface area contributed by atoms with Gasteiger partial charge in [0.2, 0.25) is 0 Å². The van der Waals surface area contributed by atoms with Crippen molar-refractivity contribution in [2.24, 2.45) is 0 Å². The second kappa shape index (κ2) is 10.1. The SMILES string of the molecule is COc1ccc(-c2nc(C(C)Sc3nc(C)cc(N)n3)c(C)s2)cc1OCCN1CCC1. The Morgan fingerprint density at radius 3 is 2.66 bits per heavy atom. The minimum atomic E-state index is 0.103. The molecule has 1 fully saturated rings. The monoisotopic (exact) mass is 471 g/mol. The minimum Gasteiger partial charge on any atom is -0.493 e. The van der Waals surface area contributed by atoms with E-state index in [9.17, 15) is 0 Å². The maximum Gasteiger partial charge on any atom is 0.190 e. The van der Waals surface area contributed by atoms with Crippen LogP contribution >= 0.6 is 23.1 Å². The highest BCUT2D eigenvalue weighted by Gasteiger charge is 2.19. The first-order valence-electron chi connectivity index (χ1n) is 10.7. The molecule has 0 saturated carbocycles. The zero-order valence-corrected chi connectivity index (χ0v) is 20.6. The molecule has 3 heterocycles. The molecule has 7 nitrogen and oxygen atoms in total. The molecule has 170 valence electrons. The number of nitrogens with zero attached hydrogens (tertiary/aromatic N) is 4. The summed E-state index contributed by atoms with van der Waals surface area (Å²) in [6.07, 6.45) is 1.28. The highest BCUT2D eigenvalue weighted by molar-refractivity contribution is 7.99. The highest BCUT2D eigenvalue weighted by Crippen LogP contribution is 2.40. The number of rotatable bonds is 9. The minimum absolute atomic E-state index is 0.103. The van der Waals surface area contributed by atoms with Crippen LogP contribution in [0.15, 0.2) is 29.4 Å². The predicted molar refractivity (Wildman–Crippen MR) is 131 cm³/mol. The Bertz CT molecular complexity index is 1060. The molecule has 1 aromatic carbocycles. The van der Waals surface area contributed by atoms with E-state index in [1.165, 1.54) is 11.3 Å². The molecule has 9 heteroatoms. The number of thioether (sulfide) groups is 1. The van der Waals surface area contributed by atoms with Crippen LogP contribution in [0.25, 0.3) is 10.6 Å². The van der Waals surface area contributed by atoms with Gasteiger partial charge in [0.05, 0.1) is 18.1 Å². The van der Waals surface area contributed by atoms with Gasteiger partial charge >= 0.3 is 0 Å². The number of nitrogens with two attached hydrogens (primary N) is 1. The Hall–Kier alpha value is -2.36. The van der Waals surface area contributed by atoms with Crippen molar-refractivity contribution in [1.82, 2.24) is 19.9 Å². The van der Waals surface area contributed by atoms with E-state index < -0.39 is 0 Å². The summed E-state index contributed by atoms with van der Waals surface area (Å²) in [6, 6.07) is 7.78. The van der Waals surface area contributed by atoms with Crippen LogP contribution in [-0.2, 0) is 0 Å². The smallest absolute Gasteiger partial charge is 0.190 e. The summed E-state index contributed by atoms with van der Waals surface area (Å²) in [5.74, 6) is 1.98. The van der Waals surface area contributed by atoms with Crippen molar-refractivity contribution in [2.45, 2.75) is 37.6 Å². The molecule has 0 amide bonds. The van der Waals surface area contributed by atoms with Gasteiger partial charge in [-0.2, -0.15) is 0 Å². The number of thiazole rings is 1. The molecule has 0 radical (unpaired) electrons. The quantitative estimate of drug-likeness (QED) is 0.354. The molecule has 1 unspecified atom stereocenters. The largest absolute Gasteiger partial charge is 0.493 e. The number of methoxy groups -OCH3 is 1. The first-order chi connectivity index (χ1) is 15.4. The fraction of sp³-hybridized carbons (Fsp3) is 0.435. The third kappa shape index (κ3) is 5.33. The van der Waals surface area contributed by atoms with Crippen molar-refractivity contribution in [1.29, 1.82) is 0 Å². The number of hydrogen-bond donors (Lipinski definition) is 1. The fourth-order valence-electron chi connectivity index (χ4n) is 3.55. The summed E-state index contributed by atoms with van der Waals surface area (Å²) in [5.41, 5.74) is 8.81. The van der Waals surface area contributed by atoms with E-state index in [4.69, 9.17) is 20.2 Å². The lowest BCUT2D eigenvalue weighted by atomic mass is 10.2. The van der Waals surface area contributed by atoms with Gasteiger partial charge in [-0.3, -0.25) is 4.90 Å². The van der Waals surface area contributed by atoms with E-state index in [1.54, 1.807) is 36.3 Å². The van der Waals surface area contributed by atoms with Gasteiger partial charge in [-0.15, -0.1) is 11.3 Å². The zero-order valence-electron chi connectivity index (χ0n) is 18.9. The number of likely N-dealkylation sites (tertiary alicyclic amines) is 1. The molecule has 2 aromatic heterocycles. The zero-order chi connectivity index (χ0) is 22.7. The Labute approximate surface area is 197 Å². The second-order valence-corrected chi connectivity index (χ2v) is 10.4. The molecule has 2 N–H and O–H groups in total. The second-order valence-electron chi connectivity index (χ2n) is 7.85. The van der Waals surface area contributed by atoms with Crippen LogP contribution in [0, 0.1) is 13.8 Å². The lowest BCUT2D eigenvalue weighted by Gasteiger charge is -2.30. The van der Waals surface area contributed by atoms with Gasteiger partial charge in [0.1, 0.15) is 17.4 Å². The summed E-state index contributed by atoms with van der Waals surface area (Å²) in [4.78, 5) is 17.4. The molecular formula is C23H29N5O2S2. The van der Waals surface area contributed by atoms with E-state index in [1.807, 2.05) is 25.1 Å². The average molecular weight is 472 g/mol. The molecule has 1 aliphatic rings. The molecule has 3 aromatic rings. The number of aromatic nitrogens is 3. The molecule has 0 bridgehead atoms. The number of nitrogen functional groups attached to an aromatic ring is 1. The Morgan fingerprint density at radius 2 is 1.97 bits per heavy atom. The third-order valence-corrected chi connectivity index (χ3v) is 7.38. The Kier molecular flexibility index (Phi) is 7.17. The van der Waals surface area contributed by atoms with Crippen LogP contribution in [0.5, 0.6) is 11.5 Å². The van der Waals surface area contributed by atoms with Crippen molar-refractivity contribution < 1.29 is 9.47 Å². The summed E-state index contributed by atoms with van der Waals surface area (Å²) in [7, 11) is 1.67. The van der Waals surface area contributed by atoms with Crippen LogP contribution < -0.4 is 15.2 Å². The molecule has 1 aliphatic heterocycles. The number of anilines is 1. The first kappa shape index (κ1) is 22.8. The molecule has 1 saturated heterocycles. The van der Waals surface area contributed by atoms with Gasteiger partial charge in [0, 0.05) is 28.7 Å². The Morgan fingerprint density at radius 1 is 1.16 bits per heavy atom. The highest BCUT2D eigenvalue weighted by atomic mass is 32.2. The van der Waals surface area contributed by atoms with E-state index >= 15 is 0 Å². The van der Waals surface area contributed by atoms with Crippen molar-refractivity contribution in [2.75, 3.05) is 39.1 Å². The number of hydrogen-bond acceptors (Lipinski definition) is 9. The number of aryl methyl sites for hydroxylation is 2. The fourth-order valence-corrected chi connectivity index (χ4v) is 5.65. The van der Waals surface area contributed by atoms with Crippen LogP contribution in [0.3, 0.4) is 0 Å². The van der Waals surface area contributed by atoms with Gasteiger partial charge in [-0.05, 0) is 58.5 Å². The van der Waals surface area contributed by atoms with Gasteiger partial charge in [0.25, 0.3) is 0 Å². The van der Waals surface area contributed by atoms with Crippen LogP contribution in [0.4, 0.5) is 5.82 Å². The molecule has 4 rings (SSSR count). The molecular weight excluding hydrogens is 442 g/mol. The maximum absolute atomic E-state index is 6.06. The van der Waals surface area contributed by atoms with Gasteiger partial charge < -0.3 is 15.2 Å². The van der Waals surface area contributed by atoms with E-state index in [-0.39, 0.29) is 5.25 Å². The third-order valence-electron chi connectivity index (χ3n) is 5.38. The van der Waals surface area contributed by atoms with Gasteiger partial charge in [-0.1, -0.05) is 11.8 Å². The summed E-state index contributed by atoms with van der Waals surface area (Å²) < 4.78 is 11.6. The lowest BCUT2D eigenvalue weighted by Crippen LogP contribution is -2.39. The van der Waals surface area contributed by atoms with Crippen LogP contribution in [0.2, 0.25) is 0 Å². The molecule has 0 spiro atoms. The maximum atomic E-state index is 6.06. The van der Waals surface area contributed by atoms with E-state index in [0.29, 0.717) is 17.6 Å². The number of benzene rings is 1. The predicted octanol–water partition coefficient (Wildman–Crippen LogP) is 4.75. The average Bonchev–Trinajstić information content (AvgIpc) is 3.10. The molecule has 32 heavy (non-hydrogen) atoms. The van der Waals surface area contributed by atoms with Gasteiger partial charge in [0.15, 0.2) is 16.7 Å². The summed E-state index contributed by atoms with van der Waals surface area (Å²) in [6.45, 7) is 10.1. The van der Waals surface area contributed by atoms with Crippen molar-refractivity contribution in [3.05, 3.63) is 40.5 Å². The number of ether oxygens (including phenoxy) is 2. The van der Waals surface area contributed by atoms with Crippen LogP contribution in [0.1, 0.15) is 34.9 Å². The van der Waals surface area contributed by atoms with Crippen molar-refractivity contribution >= 4 is 28.9 Å². The van der Waals surface area contributed by atoms with Crippen molar-refractivity contribution in [3.63, 3.8) is 0 Å². The topological polar surface area (TPSA) is 86.4 Å². The van der Waals surface area contributed by atoms with E-state index in [2.05, 4.69) is 28.7 Å². The summed E-state index contributed by atoms with van der Waals surface area (Å²) >= 11 is 3.25. The summed E-state index contributed by atoms with van der Waals surface area (Å²) in [5, 5.41) is 1.74. The lowest BCUT2D eigenvalue weighted by molar-refractivity contribution is 0.145. The standard InChI is InChI=1S/C23H29N5O2S2/c1-14-12-20(24)26-23(25-14)32-16(3)21-15(2)31-22(27-21)17-6-7-18(29-4)19(13-17)30-11-10-28-8-5-9-28/h6-7,12-13,16H,5,8-11H2,1-4H3,(H2,24,25,26). The Balaban J connectivity index is 1.51. The molecule has 1 atom stereocenters.